The molecule has 0 radical (unpaired) electrons. The van der Waals surface area contributed by atoms with Crippen molar-refractivity contribution in [3.05, 3.63) is 161 Å². The number of hydrogen-bond acceptors (Lipinski definition) is 2. The summed E-state index contributed by atoms with van der Waals surface area (Å²) in [5, 5.41) is 12.2. The van der Waals surface area contributed by atoms with Gasteiger partial charge in [0.2, 0.25) is 0 Å². The molecule has 0 unspecified atom stereocenters. The van der Waals surface area contributed by atoms with Gasteiger partial charge in [-0.2, -0.15) is 0 Å². The van der Waals surface area contributed by atoms with Gasteiger partial charge in [0.1, 0.15) is 0 Å². The molecule has 2 nitrogen and oxygen atoms in total. The Morgan fingerprint density at radius 3 is 1.70 bits per heavy atom. The van der Waals surface area contributed by atoms with Crippen LogP contribution in [0.3, 0.4) is 0 Å². The first-order valence-corrected chi connectivity index (χ1v) is 28.6. The van der Waals surface area contributed by atoms with Crippen molar-refractivity contribution in [2.24, 2.45) is 0 Å². The highest BCUT2D eigenvalue weighted by Gasteiger charge is 2.42. The molecular formula is C70H71BN2S. The second-order valence-electron chi connectivity index (χ2n) is 27.4. The van der Waals surface area contributed by atoms with Crippen molar-refractivity contribution in [1.29, 1.82) is 0 Å². The van der Waals surface area contributed by atoms with Crippen molar-refractivity contribution in [2.45, 2.75) is 154 Å². The minimum absolute atomic E-state index is 0.0216. The number of fused-ring (bicyclic) bond motifs is 12. The summed E-state index contributed by atoms with van der Waals surface area (Å²) in [5.41, 5.74) is 23.9. The van der Waals surface area contributed by atoms with Crippen LogP contribution in [0.1, 0.15) is 155 Å². The number of hydrogen-bond donors (Lipinski definition) is 1. The molecule has 10 aromatic rings. The molecule has 4 heteroatoms. The topological polar surface area (TPSA) is 17.0 Å². The lowest BCUT2D eigenvalue weighted by molar-refractivity contribution is 0.332. The van der Waals surface area contributed by atoms with Gasteiger partial charge in [0.25, 0.3) is 0 Å². The molecule has 1 N–H and O–H groups in total. The van der Waals surface area contributed by atoms with Crippen LogP contribution >= 0.6 is 11.3 Å². The number of nitrogens with one attached hydrogen (secondary N) is 1. The van der Waals surface area contributed by atoms with E-state index in [4.69, 9.17) is 0 Å². The monoisotopic (exact) mass is 983 g/mol. The fraction of sp³-hybridized carbons (Fsp3) is 0.343. The molecule has 0 atom stereocenters. The third kappa shape index (κ3) is 6.74. The summed E-state index contributed by atoms with van der Waals surface area (Å²) < 4.78 is 5.42. The molecule has 8 aromatic carbocycles. The molecule has 74 heavy (non-hydrogen) atoms. The lowest BCUT2D eigenvalue weighted by atomic mass is 9.55. The van der Waals surface area contributed by atoms with E-state index in [0.29, 0.717) is 0 Å². The quantitative estimate of drug-likeness (QED) is 0.174. The van der Waals surface area contributed by atoms with Gasteiger partial charge in [-0.15, -0.1) is 11.3 Å². The fourth-order valence-electron chi connectivity index (χ4n) is 14.7. The van der Waals surface area contributed by atoms with Crippen molar-refractivity contribution in [1.82, 2.24) is 4.57 Å². The average Bonchev–Trinajstić information content (AvgIpc) is 3.99. The Kier molecular flexibility index (Phi) is 9.59. The zero-order valence-corrected chi connectivity index (χ0v) is 46.7. The second kappa shape index (κ2) is 15.3. The van der Waals surface area contributed by atoms with Gasteiger partial charge in [-0.3, -0.25) is 0 Å². The summed E-state index contributed by atoms with van der Waals surface area (Å²) in [5.74, 6) is 0. The molecule has 4 aliphatic rings. The molecule has 14 rings (SSSR count). The van der Waals surface area contributed by atoms with E-state index >= 15 is 0 Å². The molecule has 0 saturated carbocycles. The summed E-state index contributed by atoms with van der Waals surface area (Å²) in [4.78, 5) is 0. The van der Waals surface area contributed by atoms with Crippen molar-refractivity contribution in [2.75, 3.05) is 5.32 Å². The zero-order valence-electron chi connectivity index (χ0n) is 45.9. The van der Waals surface area contributed by atoms with E-state index in [9.17, 15) is 0 Å². The van der Waals surface area contributed by atoms with Crippen LogP contribution in [-0.2, 0) is 32.5 Å². The van der Waals surface area contributed by atoms with Crippen LogP contribution < -0.4 is 16.2 Å². The summed E-state index contributed by atoms with van der Waals surface area (Å²) in [6, 6.07) is 50.9. The predicted octanol–water partition coefficient (Wildman–Crippen LogP) is 18.1. The predicted molar refractivity (Wildman–Crippen MR) is 324 cm³/mol. The molecule has 370 valence electrons. The molecule has 1 aliphatic heterocycles. The first-order chi connectivity index (χ1) is 35.1. The van der Waals surface area contributed by atoms with Crippen LogP contribution in [-0.4, -0.2) is 11.8 Å². The standard InChI is InChI=1S/C70H71BN2S/c1-65(2)25-26-66(3,4)51-34-43(22-23-50(51)65)72-57-38-54-52(67(5,6)27-29-69(54,9)10)36-46(57)48-35-45(42-21-24-61-47(32-42)44-19-15-16-20-60(44)74-61)62-49-31-40-17-13-14-18-41(40)33-58(49)73-59-39-55-53(37-56(59)71-63(48)64(62)73)68(7,8)28-30-70(55,11)12/h13-24,31-39,71-72H,25-30H2,1-12H3. The number of anilines is 2. The summed E-state index contributed by atoms with van der Waals surface area (Å²) in [6.07, 6.45) is 7.09. The number of rotatable bonds is 4. The SMILES string of the molecule is CC1(C)CCC(C)(C)c2cc(Nc3cc4c(cc3-c3cc(-c5ccc6sc7ccccc7c6c5)c5c6cc7ccccc7cc6n6c5c3Bc3cc5c(cc3-6)C(C)(C)CCC5(C)C)C(C)(C)CCC4(C)C)ccc21. The Labute approximate surface area is 443 Å². The smallest absolute Gasteiger partial charge is 0.198 e. The Morgan fingerprint density at radius 2 is 1.01 bits per heavy atom. The maximum absolute atomic E-state index is 4.26. The molecule has 0 fully saturated rings. The van der Waals surface area contributed by atoms with E-state index in [-0.39, 0.29) is 32.5 Å². The highest BCUT2D eigenvalue weighted by Crippen LogP contribution is 2.53. The van der Waals surface area contributed by atoms with Crippen LogP contribution in [0.4, 0.5) is 11.4 Å². The first-order valence-electron chi connectivity index (χ1n) is 27.8. The Balaban J connectivity index is 1.13. The molecule has 0 saturated heterocycles. The van der Waals surface area contributed by atoms with Crippen LogP contribution in [0.15, 0.2) is 127 Å². The molecule has 0 spiro atoms. The van der Waals surface area contributed by atoms with Crippen molar-refractivity contribution in [3.63, 3.8) is 0 Å². The number of aromatic nitrogens is 1. The summed E-state index contributed by atoms with van der Waals surface area (Å²) >= 11 is 1.91. The highest BCUT2D eigenvalue weighted by molar-refractivity contribution is 7.25. The minimum atomic E-state index is 0.0216. The van der Waals surface area contributed by atoms with Gasteiger partial charge in [-0.05, 0) is 204 Å². The Morgan fingerprint density at radius 1 is 0.446 bits per heavy atom. The van der Waals surface area contributed by atoms with E-state index in [2.05, 4.69) is 220 Å². The molecule has 2 aromatic heterocycles. The largest absolute Gasteiger partial charge is 0.355 e. The van der Waals surface area contributed by atoms with Gasteiger partial charge >= 0.3 is 0 Å². The van der Waals surface area contributed by atoms with Gasteiger partial charge in [-0.25, -0.2) is 0 Å². The van der Waals surface area contributed by atoms with Crippen molar-refractivity contribution in [3.8, 4) is 27.9 Å². The van der Waals surface area contributed by atoms with E-state index in [1.807, 2.05) is 11.3 Å². The Hall–Kier alpha value is -6.10. The van der Waals surface area contributed by atoms with Gasteiger partial charge < -0.3 is 9.88 Å². The zero-order chi connectivity index (χ0) is 51.2. The maximum Gasteiger partial charge on any atom is 0.198 e. The molecule has 0 amide bonds. The van der Waals surface area contributed by atoms with Gasteiger partial charge in [0.05, 0.1) is 5.52 Å². The lowest BCUT2D eigenvalue weighted by Gasteiger charge is -2.43. The van der Waals surface area contributed by atoms with Crippen LogP contribution in [0, 0.1) is 0 Å². The molecular weight excluding hydrogens is 912 g/mol. The van der Waals surface area contributed by atoms with Crippen molar-refractivity contribution < 1.29 is 0 Å². The van der Waals surface area contributed by atoms with Gasteiger partial charge in [0.15, 0.2) is 7.28 Å². The number of benzene rings is 8. The van der Waals surface area contributed by atoms with E-state index < -0.39 is 0 Å². The minimum Gasteiger partial charge on any atom is -0.355 e. The van der Waals surface area contributed by atoms with E-state index in [1.165, 1.54) is 162 Å². The van der Waals surface area contributed by atoms with Gasteiger partial charge in [0, 0.05) is 59.1 Å². The maximum atomic E-state index is 4.26. The van der Waals surface area contributed by atoms with E-state index in [0.717, 1.165) is 20.1 Å². The number of thiophene rings is 1. The average molecular weight is 983 g/mol. The highest BCUT2D eigenvalue weighted by atomic mass is 32.1. The number of nitrogens with zero attached hydrogens (tertiary/aromatic N) is 1. The molecule has 0 bridgehead atoms. The van der Waals surface area contributed by atoms with Crippen LogP contribution in [0.25, 0.3) is 80.7 Å². The molecule has 3 aliphatic carbocycles. The first kappa shape index (κ1) is 46.4. The second-order valence-corrected chi connectivity index (χ2v) is 28.5. The third-order valence-corrected chi connectivity index (χ3v) is 20.9. The van der Waals surface area contributed by atoms with Crippen molar-refractivity contribution >= 4 is 93.7 Å². The van der Waals surface area contributed by atoms with Crippen LogP contribution in [0.5, 0.6) is 0 Å². The normalized spacial score (nSPS) is 19.2. The third-order valence-electron chi connectivity index (χ3n) is 19.8. The summed E-state index contributed by atoms with van der Waals surface area (Å²) in [6.45, 7) is 29.7. The van der Waals surface area contributed by atoms with E-state index in [1.54, 1.807) is 0 Å². The lowest BCUT2D eigenvalue weighted by Crippen LogP contribution is -2.41. The fourth-order valence-corrected chi connectivity index (χ4v) is 15.8. The van der Waals surface area contributed by atoms with Crippen LogP contribution in [0.2, 0.25) is 0 Å². The molecule has 3 heterocycles. The van der Waals surface area contributed by atoms with Gasteiger partial charge in [-0.1, -0.05) is 149 Å². The summed E-state index contributed by atoms with van der Waals surface area (Å²) in [7, 11) is 0.864. The Bertz CT molecular complexity index is 4090.